The van der Waals surface area contributed by atoms with Gasteiger partial charge in [-0.1, -0.05) is 24.2 Å². The van der Waals surface area contributed by atoms with Crippen LogP contribution in [0.3, 0.4) is 0 Å². The third kappa shape index (κ3) is 4.80. The highest BCUT2D eigenvalue weighted by Crippen LogP contribution is 2.29. The molecule has 0 unspecified atom stereocenters. The minimum atomic E-state index is -0.0558. The molecule has 1 atom stereocenters. The number of carbonyl (C=O) groups excluding carboxylic acids is 2. The van der Waals surface area contributed by atoms with E-state index < -0.39 is 0 Å². The summed E-state index contributed by atoms with van der Waals surface area (Å²) in [5.74, 6) is 1.61. The Morgan fingerprint density at radius 3 is 2.78 bits per heavy atom. The number of carbonyl (C=O) groups is 2. The SMILES string of the molecule is CCC(=O)Nc1cccc(-c2noc([C@@H]3CCCN(C(=O)c4ccc(OC)cc4)C3)n2)c1. The molecule has 1 aliphatic rings. The molecule has 2 amide bonds. The minimum Gasteiger partial charge on any atom is -0.497 e. The summed E-state index contributed by atoms with van der Waals surface area (Å²) in [6, 6.07) is 14.5. The standard InChI is InChI=1S/C24H26N4O4/c1-3-21(29)25-19-8-4-6-17(14-19)22-26-23(32-27-22)18-7-5-13-28(15-18)24(30)16-9-11-20(31-2)12-10-16/h4,6,8-12,14,18H,3,5,7,13,15H2,1-2H3,(H,25,29)/t18-/m1/s1. The molecule has 1 aromatic heterocycles. The maximum atomic E-state index is 12.9. The number of nitrogens with one attached hydrogen (secondary N) is 1. The number of methoxy groups -OCH3 is 1. The van der Waals surface area contributed by atoms with Crippen molar-refractivity contribution in [3.63, 3.8) is 0 Å². The van der Waals surface area contributed by atoms with E-state index >= 15 is 0 Å². The van der Waals surface area contributed by atoms with Gasteiger partial charge in [0.2, 0.25) is 17.6 Å². The average molecular weight is 434 g/mol. The van der Waals surface area contributed by atoms with E-state index in [0.717, 1.165) is 24.2 Å². The number of nitrogens with zero attached hydrogens (tertiary/aromatic N) is 3. The van der Waals surface area contributed by atoms with E-state index in [1.54, 1.807) is 38.3 Å². The fourth-order valence-corrected chi connectivity index (χ4v) is 3.78. The van der Waals surface area contributed by atoms with Crippen LogP contribution in [-0.4, -0.2) is 47.1 Å². The number of piperidine rings is 1. The first-order valence-corrected chi connectivity index (χ1v) is 10.7. The van der Waals surface area contributed by atoms with Crippen molar-refractivity contribution in [3.8, 4) is 17.1 Å². The molecule has 4 rings (SSSR count). The number of ether oxygens (including phenoxy) is 1. The third-order valence-electron chi connectivity index (χ3n) is 5.56. The zero-order valence-electron chi connectivity index (χ0n) is 18.2. The summed E-state index contributed by atoms with van der Waals surface area (Å²) in [4.78, 5) is 31.0. The topological polar surface area (TPSA) is 97.6 Å². The molecule has 166 valence electrons. The second-order valence-corrected chi connectivity index (χ2v) is 7.76. The summed E-state index contributed by atoms with van der Waals surface area (Å²) >= 11 is 0. The van der Waals surface area contributed by atoms with Crippen LogP contribution in [0.15, 0.2) is 53.1 Å². The smallest absolute Gasteiger partial charge is 0.253 e. The molecule has 2 heterocycles. The quantitative estimate of drug-likeness (QED) is 0.627. The van der Waals surface area contributed by atoms with Crippen LogP contribution in [0.2, 0.25) is 0 Å². The van der Waals surface area contributed by atoms with Gasteiger partial charge < -0.3 is 19.5 Å². The molecule has 0 aliphatic carbocycles. The highest BCUT2D eigenvalue weighted by atomic mass is 16.5. The summed E-state index contributed by atoms with van der Waals surface area (Å²) in [5, 5.41) is 6.97. The van der Waals surface area contributed by atoms with Gasteiger partial charge in [0.25, 0.3) is 5.91 Å². The second-order valence-electron chi connectivity index (χ2n) is 7.76. The predicted molar refractivity (Wildman–Crippen MR) is 120 cm³/mol. The lowest BCUT2D eigenvalue weighted by molar-refractivity contribution is -0.115. The van der Waals surface area contributed by atoms with Gasteiger partial charge in [0.05, 0.1) is 13.0 Å². The predicted octanol–water partition coefficient (Wildman–Crippen LogP) is 4.11. The van der Waals surface area contributed by atoms with Crippen LogP contribution >= 0.6 is 0 Å². The zero-order chi connectivity index (χ0) is 22.5. The molecular formula is C24H26N4O4. The van der Waals surface area contributed by atoms with Crippen molar-refractivity contribution in [2.75, 3.05) is 25.5 Å². The van der Waals surface area contributed by atoms with Crippen LogP contribution in [-0.2, 0) is 4.79 Å². The maximum absolute atomic E-state index is 12.9. The fourth-order valence-electron chi connectivity index (χ4n) is 3.78. The average Bonchev–Trinajstić information content (AvgIpc) is 3.34. The molecule has 0 saturated carbocycles. The van der Waals surface area contributed by atoms with Gasteiger partial charge in [0.15, 0.2) is 0 Å². The van der Waals surface area contributed by atoms with Gasteiger partial charge in [0.1, 0.15) is 5.75 Å². The lowest BCUT2D eigenvalue weighted by atomic mass is 9.97. The van der Waals surface area contributed by atoms with Crippen molar-refractivity contribution in [3.05, 3.63) is 60.0 Å². The van der Waals surface area contributed by atoms with E-state index in [2.05, 4.69) is 15.5 Å². The van der Waals surface area contributed by atoms with Crippen LogP contribution in [0.1, 0.15) is 48.4 Å². The summed E-state index contributed by atoms with van der Waals surface area (Å²) in [7, 11) is 1.60. The molecular weight excluding hydrogens is 408 g/mol. The first-order chi connectivity index (χ1) is 15.6. The van der Waals surface area contributed by atoms with Gasteiger partial charge >= 0.3 is 0 Å². The molecule has 0 radical (unpaired) electrons. The molecule has 0 bridgehead atoms. The normalized spacial score (nSPS) is 15.9. The van der Waals surface area contributed by atoms with E-state index in [0.29, 0.717) is 42.5 Å². The minimum absolute atomic E-state index is 0.0172. The molecule has 1 fully saturated rings. The van der Waals surface area contributed by atoms with Crippen molar-refractivity contribution in [1.82, 2.24) is 15.0 Å². The van der Waals surface area contributed by atoms with E-state index in [-0.39, 0.29) is 17.7 Å². The zero-order valence-corrected chi connectivity index (χ0v) is 18.2. The monoisotopic (exact) mass is 434 g/mol. The van der Waals surface area contributed by atoms with Crippen molar-refractivity contribution in [2.24, 2.45) is 0 Å². The molecule has 1 saturated heterocycles. The van der Waals surface area contributed by atoms with Crippen molar-refractivity contribution < 1.29 is 18.8 Å². The third-order valence-corrected chi connectivity index (χ3v) is 5.56. The summed E-state index contributed by atoms with van der Waals surface area (Å²) in [6.07, 6.45) is 2.15. The first kappa shape index (κ1) is 21.5. The van der Waals surface area contributed by atoms with E-state index in [9.17, 15) is 9.59 Å². The lowest BCUT2D eigenvalue weighted by Crippen LogP contribution is -2.39. The Balaban J connectivity index is 1.46. The highest BCUT2D eigenvalue weighted by molar-refractivity contribution is 5.94. The maximum Gasteiger partial charge on any atom is 0.253 e. The van der Waals surface area contributed by atoms with Gasteiger partial charge in [-0.25, -0.2) is 0 Å². The van der Waals surface area contributed by atoms with Gasteiger partial charge in [0, 0.05) is 36.3 Å². The van der Waals surface area contributed by atoms with E-state index in [1.807, 2.05) is 29.2 Å². The van der Waals surface area contributed by atoms with Gasteiger partial charge in [-0.05, 0) is 49.2 Å². The fraction of sp³-hybridized carbons (Fsp3) is 0.333. The summed E-state index contributed by atoms with van der Waals surface area (Å²) in [6.45, 7) is 3.03. The molecule has 2 aromatic carbocycles. The Labute approximate surface area is 186 Å². The summed E-state index contributed by atoms with van der Waals surface area (Å²) in [5.41, 5.74) is 2.08. The van der Waals surface area contributed by atoms with Crippen LogP contribution in [0.4, 0.5) is 5.69 Å². The molecule has 1 N–H and O–H groups in total. The van der Waals surface area contributed by atoms with Gasteiger partial charge in [-0.15, -0.1) is 0 Å². The largest absolute Gasteiger partial charge is 0.497 e. The van der Waals surface area contributed by atoms with Crippen LogP contribution in [0.5, 0.6) is 5.75 Å². The number of likely N-dealkylation sites (tertiary alicyclic amines) is 1. The highest BCUT2D eigenvalue weighted by Gasteiger charge is 2.29. The van der Waals surface area contributed by atoms with Crippen LogP contribution < -0.4 is 10.1 Å². The molecule has 1 aliphatic heterocycles. The number of rotatable bonds is 6. The van der Waals surface area contributed by atoms with E-state index in [4.69, 9.17) is 9.26 Å². The molecule has 3 aromatic rings. The Hall–Kier alpha value is -3.68. The number of hydrogen-bond donors (Lipinski definition) is 1. The first-order valence-electron chi connectivity index (χ1n) is 10.7. The molecule has 8 nitrogen and oxygen atoms in total. The Bertz CT molecular complexity index is 1090. The molecule has 8 heteroatoms. The van der Waals surface area contributed by atoms with Crippen molar-refractivity contribution in [1.29, 1.82) is 0 Å². The Kier molecular flexibility index (Phi) is 6.49. The van der Waals surface area contributed by atoms with Gasteiger partial charge in [-0.2, -0.15) is 4.98 Å². The number of amides is 2. The van der Waals surface area contributed by atoms with Crippen molar-refractivity contribution in [2.45, 2.75) is 32.1 Å². The van der Waals surface area contributed by atoms with Gasteiger partial charge in [-0.3, -0.25) is 9.59 Å². The number of benzene rings is 2. The van der Waals surface area contributed by atoms with E-state index in [1.165, 1.54) is 0 Å². The second kappa shape index (κ2) is 9.64. The van der Waals surface area contributed by atoms with Crippen LogP contribution in [0.25, 0.3) is 11.4 Å². The molecule has 32 heavy (non-hydrogen) atoms. The Morgan fingerprint density at radius 2 is 2.03 bits per heavy atom. The number of aromatic nitrogens is 2. The van der Waals surface area contributed by atoms with Crippen molar-refractivity contribution >= 4 is 17.5 Å². The Morgan fingerprint density at radius 1 is 1.22 bits per heavy atom. The number of anilines is 1. The molecule has 0 spiro atoms. The number of hydrogen-bond acceptors (Lipinski definition) is 6. The van der Waals surface area contributed by atoms with Crippen LogP contribution in [0, 0.1) is 0 Å². The lowest BCUT2D eigenvalue weighted by Gasteiger charge is -2.31. The summed E-state index contributed by atoms with van der Waals surface area (Å²) < 4.78 is 10.7.